The average Bonchev–Trinajstić information content (AvgIpc) is 2.57. The molecule has 1 heterocycles. The molecule has 0 bridgehead atoms. The smallest absolute Gasteiger partial charge is 0.176 e. The number of furan rings is 1. The van der Waals surface area contributed by atoms with Crippen LogP contribution in [0.5, 0.6) is 0 Å². The second kappa shape index (κ2) is 4.46. The Morgan fingerprint density at radius 2 is 2.58 bits per heavy atom. The van der Waals surface area contributed by atoms with E-state index in [2.05, 4.69) is 25.3 Å². The highest BCUT2D eigenvalue weighted by molar-refractivity contribution is 5.24. The summed E-state index contributed by atoms with van der Waals surface area (Å²) in [4.78, 5) is 0. The van der Waals surface area contributed by atoms with Crippen molar-refractivity contribution in [1.29, 1.82) is 0 Å². The third-order valence-electron chi connectivity index (χ3n) is 1.56. The first-order valence-electron chi connectivity index (χ1n) is 3.98. The zero-order valence-corrected chi connectivity index (χ0v) is 7.21. The first-order valence-corrected chi connectivity index (χ1v) is 3.98. The fourth-order valence-electron chi connectivity index (χ4n) is 0.732. The molecule has 1 heteroatoms. The van der Waals surface area contributed by atoms with E-state index in [9.17, 15) is 0 Å². The van der Waals surface area contributed by atoms with Crippen molar-refractivity contribution in [3.05, 3.63) is 36.8 Å². The van der Waals surface area contributed by atoms with Crippen molar-refractivity contribution in [2.24, 2.45) is 5.92 Å². The van der Waals surface area contributed by atoms with Gasteiger partial charge in [-0.05, 0) is 24.0 Å². The Balaban J connectivity index is 2.45. The van der Waals surface area contributed by atoms with Gasteiger partial charge < -0.3 is 4.42 Å². The summed E-state index contributed by atoms with van der Waals surface area (Å²) in [5.41, 5.74) is 0. The molecule has 0 saturated carbocycles. The summed E-state index contributed by atoms with van der Waals surface area (Å²) in [5.74, 6) is 7.13. The van der Waals surface area contributed by atoms with E-state index >= 15 is 0 Å². The Morgan fingerprint density at radius 1 is 1.75 bits per heavy atom. The molecule has 0 saturated heterocycles. The third kappa shape index (κ3) is 2.67. The van der Waals surface area contributed by atoms with Crippen LogP contribution < -0.4 is 0 Å². The summed E-state index contributed by atoms with van der Waals surface area (Å²) in [5, 5.41) is 0. The lowest BCUT2D eigenvalue weighted by atomic mass is 10.1. The van der Waals surface area contributed by atoms with Crippen molar-refractivity contribution in [2.75, 3.05) is 0 Å². The molecule has 12 heavy (non-hydrogen) atoms. The van der Waals surface area contributed by atoms with E-state index in [1.165, 1.54) is 0 Å². The fraction of sp³-hybridized carbons (Fsp3) is 0.273. The summed E-state index contributed by atoms with van der Waals surface area (Å²) >= 11 is 0. The van der Waals surface area contributed by atoms with E-state index in [0.29, 0.717) is 5.92 Å². The Bertz CT molecular complexity index is 285. The lowest BCUT2D eigenvalue weighted by Gasteiger charge is -1.94. The maximum Gasteiger partial charge on any atom is 0.176 e. The predicted octanol–water partition coefficient (Wildman–Crippen LogP) is 2.84. The summed E-state index contributed by atoms with van der Waals surface area (Å²) in [6.45, 7) is 5.77. The van der Waals surface area contributed by atoms with Crippen LogP contribution in [-0.4, -0.2) is 0 Å². The molecule has 0 aliphatic rings. The molecule has 1 nitrogen and oxygen atoms in total. The van der Waals surface area contributed by atoms with Gasteiger partial charge in [0.05, 0.1) is 6.26 Å². The first-order chi connectivity index (χ1) is 5.83. The lowest BCUT2D eigenvalue weighted by Crippen LogP contribution is -1.84. The molecule has 0 aliphatic carbocycles. The van der Waals surface area contributed by atoms with Gasteiger partial charge in [0.25, 0.3) is 0 Å². The summed E-state index contributed by atoms with van der Waals surface area (Å²) in [6.07, 6.45) is 4.36. The molecular weight excluding hydrogens is 148 g/mol. The molecule has 1 rings (SSSR count). The molecule has 0 radical (unpaired) electrons. The summed E-state index contributed by atoms with van der Waals surface area (Å²) < 4.78 is 5.05. The van der Waals surface area contributed by atoms with E-state index < -0.39 is 0 Å². The molecule has 1 aromatic heterocycles. The molecule has 1 atom stereocenters. The second-order valence-corrected chi connectivity index (χ2v) is 2.70. The van der Waals surface area contributed by atoms with Gasteiger partial charge in [-0.15, -0.1) is 6.58 Å². The van der Waals surface area contributed by atoms with Crippen molar-refractivity contribution in [1.82, 2.24) is 0 Å². The maximum atomic E-state index is 5.05. The van der Waals surface area contributed by atoms with E-state index in [1.54, 1.807) is 6.26 Å². The van der Waals surface area contributed by atoms with Gasteiger partial charge in [-0.1, -0.05) is 18.9 Å². The lowest BCUT2D eigenvalue weighted by molar-refractivity contribution is 0.554. The SMILES string of the molecule is C=CC(C)CC#Cc1ccco1. The minimum absolute atomic E-state index is 0.451. The van der Waals surface area contributed by atoms with E-state index in [4.69, 9.17) is 4.42 Å². The molecule has 62 valence electrons. The van der Waals surface area contributed by atoms with Gasteiger partial charge in [-0.25, -0.2) is 0 Å². The normalized spacial score (nSPS) is 11.4. The van der Waals surface area contributed by atoms with E-state index in [1.807, 2.05) is 18.2 Å². The molecule has 0 aromatic carbocycles. The van der Waals surface area contributed by atoms with Crippen LogP contribution in [0.4, 0.5) is 0 Å². The van der Waals surface area contributed by atoms with Crippen LogP contribution >= 0.6 is 0 Å². The number of rotatable bonds is 2. The Morgan fingerprint density at radius 3 is 3.17 bits per heavy atom. The fourth-order valence-corrected chi connectivity index (χ4v) is 0.732. The number of hydrogen-bond acceptors (Lipinski definition) is 1. The first kappa shape index (κ1) is 8.67. The van der Waals surface area contributed by atoms with Gasteiger partial charge in [0.1, 0.15) is 0 Å². The summed E-state index contributed by atoms with van der Waals surface area (Å²) in [7, 11) is 0. The van der Waals surface area contributed by atoms with Crippen LogP contribution in [0, 0.1) is 17.8 Å². The molecule has 0 N–H and O–H groups in total. The van der Waals surface area contributed by atoms with Crippen molar-refractivity contribution in [3.63, 3.8) is 0 Å². The quantitative estimate of drug-likeness (QED) is 0.479. The van der Waals surface area contributed by atoms with Crippen LogP contribution in [0.25, 0.3) is 0 Å². The van der Waals surface area contributed by atoms with Gasteiger partial charge in [-0.3, -0.25) is 0 Å². The Hall–Kier alpha value is -1.42. The molecule has 0 fully saturated rings. The van der Waals surface area contributed by atoms with Gasteiger partial charge in [0, 0.05) is 6.42 Å². The van der Waals surface area contributed by atoms with Crippen molar-refractivity contribution in [2.45, 2.75) is 13.3 Å². The molecule has 0 aliphatic heterocycles. The minimum atomic E-state index is 0.451. The standard InChI is InChI=1S/C11H12O/c1-3-10(2)6-4-7-11-8-5-9-12-11/h3,5,8-10H,1,6H2,2H3. The highest BCUT2D eigenvalue weighted by atomic mass is 16.3. The molecule has 0 spiro atoms. The Labute approximate surface area is 73.1 Å². The average molecular weight is 160 g/mol. The predicted molar refractivity (Wildman–Crippen MR) is 49.6 cm³/mol. The number of allylic oxidation sites excluding steroid dienone is 1. The highest BCUT2D eigenvalue weighted by Crippen LogP contribution is 2.01. The zero-order chi connectivity index (χ0) is 8.81. The van der Waals surface area contributed by atoms with Crippen molar-refractivity contribution in [3.8, 4) is 11.8 Å². The van der Waals surface area contributed by atoms with Gasteiger partial charge >= 0.3 is 0 Å². The maximum absolute atomic E-state index is 5.05. The van der Waals surface area contributed by atoms with Crippen LogP contribution in [0.3, 0.4) is 0 Å². The molecular formula is C11H12O. The van der Waals surface area contributed by atoms with Crippen LogP contribution in [0.2, 0.25) is 0 Å². The topological polar surface area (TPSA) is 13.1 Å². The van der Waals surface area contributed by atoms with E-state index in [0.717, 1.165) is 12.2 Å². The molecule has 0 amide bonds. The largest absolute Gasteiger partial charge is 0.456 e. The van der Waals surface area contributed by atoms with Gasteiger partial charge in [0.15, 0.2) is 5.76 Å². The van der Waals surface area contributed by atoms with Crippen LogP contribution in [-0.2, 0) is 0 Å². The summed E-state index contributed by atoms with van der Waals surface area (Å²) in [6, 6.07) is 3.69. The number of hydrogen-bond donors (Lipinski definition) is 0. The third-order valence-corrected chi connectivity index (χ3v) is 1.56. The monoisotopic (exact) mass is 160 g/mol. The molecule has 1 aromatic rings. The second-order valence-electron chi connectivity index (χ2n) is 2.70. The van der Waals surface area contributed by atoms with Crippen molar-refractivity contribution < 1.29 is 4.42 Å². The van der Waals surface area contributed by atoms with E-state index in [-0.39, 0.29) is 0 Å². The van der Waals surface area contributed by atoms with Crippen LogP contribution in [0.1, 0.15) is 19.1 Å². The minimum Gasteiger partial charge on any atom is -0.456 e. The van der Waals surface area contributed by atoms with Crippen molar-refractivity contribution >= 4 is 0 Å². The van der Waals surface area contributed by atoms with Crippen LogP contribution in [0.15, 0.2) is 35.5 Å². The molecule has 1 unspecified atom stereocenters. The van der Waals surface area contributed by atoms with Gasteiger partial charge in [-0.2, -0.15) is 0 Å². The zero-order valence-electron chi connectivity index (χ0n) is 7.21. The van der Waals surface area contributed by atoms with Gasteiger partial charge in [0.2, 0.25) is 0 Å². The highest BCUT2D eigenvalue weighted by Gasteiger charge is 1.90. The Kier molecular flexibility index (Phi) is 3.22.